The summed E-state index contributed by atoms with van der Waals surface area (Å²) in [6, 6.07) is 8.49. The van der Waals surface area contributed by atoms with Gasteiger partial charge in [-0.15, -0.1) is 12.4 Å². The minimum atomic E-state index is -3.24. The molecule has 3 atom stereocenters. The van der Waals surface area contributed by atoms with Gasteiger partial charge in [-0.05, 0) is 36.5 Å². The lowest BCUT2D eigenvalue weighted by Crippen LogP contribution is -2.50. The summed E-state index contributed by atoms with van der Waals surface area (Å²) in [4.78, 5) is 0. The van der Waals surface area contributed by atoms with E-state index >= 15 is 0 Å². The summed E-state index contributed by atoms with van der Waals surface area (Å²) in [6.45, 7) is 3.29. The molecule has 1 aromatic rings. The van der Waals surface area contributed by atoms with Crippen molar-refractivity contribution in [3.63, 3.8) is 0 Å². The van der Waals surface area contributed by atoms with Gasteiger partial charge >= 0.3 is 0 Å². The standard InChI is InChI=1S/C17H27N3O3S.ClH/c1-24(21,22)20-14-5-2-4-13(10-14)11-19-16-7-3-6-15(16)17-12-23-9-8-18-17;/h2,4-5,10,15-20H,3,6-9,11-12H2,1H3;1H. The van der Waals surface area contributed by atoms with E-state index < -0.39 is 10.0 Å². The fourth-order valence-corrected chi connectivity index (χ4v) is 4.35. The second-order valence-electron chi connectivity index (χ2n) is 6.79. The summed E-state index contributed by atoms with van der Waals surface area (Å²) < 4.78 is 30.8. The Bertz CT molecular complexity index is 650. The van der Waals surface area contributed by atoms with Crippen LogP contribution in [0.25, 0.3) is 0 Å². The van der Waals surface area contributed by atoms with Gasteiger partial charge in [0, 0.05) is 30.9 Å². The maximum Gasteiger partial charge on any atom is 0.229 e. The van der Waals surface area contributed by atoms with Gasteiger partial charge in [0.25, 0.3) is 0 Å². The second-order valence-corrected chi connectivity index (χ2v) is 8.54. The van der Waals surface area contributed by atoms with Crippen molar-refractivity contribution in [3.8, 4) is 0 Å². The van der Waals surface area contributed by atoms with Crippen LogP contribution in [0.5, 0.6) is 0 Å². The number of rotatable bonds is 6. The molecule has 1 aromatic carbocycles. The van der Waals surface area contributed by atoms with Gasteiger partial charge in [-0.25, -0.2) is 8.42 Å². The van der Waals surface area contributed by atoms with E-state index in [1.165, 1.54) is 25.5 Å². The van der Waals surface area contributed by atoms with Gasteiger partial charge in [0.05, 0.1) is 19.5 Å². The van der Waals surface area contributed by atoms with E-state index in [1.807, 2.05) is 18.2 Å². The van der Waals surface area contributed by atoms with E-state index in [0.717, 1.165) is 31.9 Å². The van der Waals surface area contributed by atoms with E-state index in [1.54, 1.807) is 6.07 Å². The number of anilines is 1. The zero-order valence-electron chi connectivity index (χ0n) is 14.5. The topological polar surface area (TPSA) is 79.5 Å². The zero-order chi connectivity index (χ0) is 17.0. The third kappa shape index (κ3) is 6.11. The first-order valence-electron chi connectivity index (χ1n) is 8.62. The van der Waals surface area contributed by atoms with Gasteiger partial charge in [-0.1, -0.05) is 18.6 Å². The fourth-order valence-electron chi connectivity index (χ4n) is 3.79. The predicted molar refractivity (Wildman–Crippen MR) is 103 cm³/mol. The molecule has 0 radical (unpaired) electrons. The minimum absolute atomic E-state index is 0. The number of ether oxygens (including phenoxy) is 1. The first-order chi connectivity index (χ1) is 11.5. The van der Waals surface area contributed by atoms with Crippen molar-refractivity contribution in [1.82, 2.24) is 10.6 Å². The van der Waals surface area contributed by atoms with Crippen LogP contribution in [0, 0.1) is 5.92 Å². The van der Waals surface area contributed by atoms with Crippen LogP contribution in [-0.2, 0) is 21.3 Å². The highest BCUT2D eigenvalue weighted by Gasteiger charge is 2.34. The SMILES string of the molecule is CS(=O)(=O)Nc1cccc(CNC2CCCC2C2COCCN2)c1.Cl. The van der Waals surface area contributed by atoms with Gasteiger partial charge in [0.2, 0.25) is 10.0 Å². The van der Waals surface area contributed by atoms with Crippen molar-refractivity contribution in [3.05, 3.63) is 29.8 Å². The average Bonchev–Trinajstić information content (AvgIpc) is 3.01. The van der Waals surface area contributed by atoms with Crippen molar-refractivity contribution in [2.24, 2.45) is 5.92 Å². The Morgan fingerprint density at radius 2 is 2.16 bits per heavy atom. The molecule has 2 fully saturated rings. The van der Waals surface area contributed by atoms with Crippen LogP contribution < -0.4 is 15.4 Å². The molecule has 2 aliphatic rings. The fraction of sp³-hybridized carbons (Fsp3) is 0.647. The highest BCUT2D eigenvalue weighted by Crippen LogP contribution is 2.29. The summed E-state index contributed by atoms with van der Waals surface area (Å²) in [7, 11) is -3.24. The van der Waals surface area contributed by atoms with Gasteiger partial charge in [0.15, 0.2) is 0 Å². The molecule has 1 saturated carbocycles. The molecule has 3 rings (SSSR count). The molecule has 0 amide bonds. The molecule has 3 unspecified atom stereocenters. The van der Waals surface area contributed by atoms with Crippen molar-refractivity contribution in [2.75, 3.05) is 30.7 Å². The number of nitrogens with one attached hydrogen (secondary N) is 3. The third-order valence-corrected chi connectivity index (χ3v) is 5.44. The van der Waals surface area contributed by atoms with Crippen molar-refractivity contribution < 1.29 is 13.2 Å². The zero-order valence-corrected chi connectivity index (χ0v) is 16.2. The highest BCUT2D eigenvalue weighted by molar-refractivity contribution is 7.92. The summed E-state index contributed by atoms with van der Waals surface area (Å²) in [5.74, 6) is 0.600. The van der Waals surface area contributed by atoms with Crippen LogP contribution in [-0.4, -0.2) is 46.5 Å². The molecular formula is C17H28ClN3O3S. The smallest absolute Gasteiger partial charge is 0.229 e. The van der Waals surface area contributed by atoms with Crippen LogP contribution >= 0.6 is 12.4 Å². The van der Waals surface area contributed by atoms with Crippen LogP contribution in [0.4, 0.5) is 5.69 Å². The molecule has 6 nitrogen and oxygen atoms in total. The molecule has 1 heterocycles. The number of benzene rings is 1. The quantitative estimate of drug-likeness (QED) is 0.690. The van der Waals surface area contributed by atoms with Crippen molar-refractivity contribution in [2.45, 2.75) is 37.9 Å². The molecule has 1 saturated heterocycles. The molecule has 0 bridgehead atoms. The number of halogens is 1. The summed E-state index contributed by atoms with van der Waals surface area (Å²) in [6.07, 6.45) is 4.83. The van der Waals surface area contributed by atoms with Gasteiger partial charge in [-0.2, -0.15) is 0 Å². The number of sulfonamides is 1. The molecular weight excluding hydrogens is 362 g/mol. The first kappa shape index (κ1) is 20.5. The van der Waals surface area contributed by atoms with E-state index in [2.05, 4.69) is 15.4 Å². The van der Waals surface area contributed by atoms with Gasteiger partial charge in [0.1, 0.15) is 0 Å². The first-order valence-corrected chi connectivity index (χ1v) is 10.5. The lowest BCUT2D eigenvalue weighted by Gasteiger charge is -2.33. The number of hydrogen-bond donors (Lipinski definition) is 3. The molecule has 8 heteroatoms. The number of hydrogen-bond acceptors (Lipinski definition) is 5. The normalized spacial score (nSPS) is 26.8. The Morgan fingerprint density at radius 3 is 2.88 bits per heavy atom. The van der Waals surface area contributed by atoms with E-state index in [9.17, 15) is 8.42 Å². The Balaban J connectivity index is 0.00000225. The summed E-state index contributed by atoms with van der Waals surface area (Å²) >= 11 is 0. The molecule has 25 heavy (non-hydrogen) atoms. The maximum atomic E-state index is 11.4. The largest absolute Gasteiger partial charge is 0.379 e. The van der Waals surface area contributed by atoms with E-state index in [-0.39, 0.29) is 12.4 Å². The lowest BCUT2D eigenvalue weighted by atomic mass is 9.94. The van der Waals surface area contributed by atoms with Crippen molar-refractivity contribution >= 4 is 28.1 Å². The molecule has 1 aliphatic carbocycles. The Kier molecular flexibility index (Phi) is 7.51. The Hall–Kier alpha value is -0.860. The van der Waals surface area contributed by atoms with Crippen LogP contribution in [0.1, 0.15) is 24.8 Å². The van der Waals surface area contributed by atoms with Crippen LogP contribution in [0.3, 0.4) is 0 Å². The monoisotopic (exact) mass is 389 g/mol. The number of morpholine rings is 1. The molecule has 142 valence electrons. The summed E-state index contributed by atoms with van der Waals surface area (Å²) in [5.41, 5.74) is 1.70. The Labute approximate surface area is 156 Å². The van der Waals surface area contributed by atoms with E-state index in [4.69, 9.17) is 4.74 Å². The lowest BCUT2D eigenvalue weighted by molar-refractivity contribution is 0.0524. The minimum Gasteiger partial charge on any atom is -0.379 e. The summed E-state index contributed by atoms with van der Waals surface area (Å²) in [5, 5.41) is 7.24. The predicted octanol–water partition coefficient (Wildman–Crippen LogP) is 1.73. The highest BCUT2D eigenvalue weighted by atomic mass is 35.5. The van der Waals surface area contributed by atoms with Crippen LogP contribution in [0.15, 0.2) is 24.3 Å². The second kappa shape index (κ2) is 9.19. The van der Waals surface area contributed by atoms with E-state index in [0.29, 0.717) is 23.7 Å². The average molecular weight is 390 g/mol. The molecule has 3 N–H and O–H groups in total. The third-order valence-electron chi connectivity index (χ3n) is 4.84. The van der Waals surface area contributed by atoms with Gasteiger partial charge < -0.3 is 15.4 Å². The van der Waals surface area contributed by atoms with Gasteiger partial charge in [-0.3, -0.25) is 4.72 Å². The van der Waals surface area contributed by atoms with Crippen molar-refractivity contribution in [1.29, 1.82) is 0 Å². The molecule has 1 aliphatic heterocycles. The maximum absolute atomic E-state index is 11.4. The molecule has 0 spiro atoms. The molecule has 0 aromatic heterocycles. The Morgan fingerprint density at radius 1 is 1.32 bits per heavy atom. The van der Waals surface area contributed by atoms with Crippen LogP contribution in [0.2, 0.25) is 0 Å².